The molecule has 2 aliphatic rings. The third-order valence-electron chi connectivity index (χ3n) is 7.05. The number of benzene rings is 2. The summed E-state index contributed by atoms with van der Waals surface area (Å²) in [5.74, 6) is -0.330. The molecule has 9 heteroatoms. The van der Waals surface area contributed by atoms with Crippen molar-refractivity contribution in [1.29, 1.82) is 0 Å². The first-order valence-electron chi connectivity index (χ1n) is 12.8. The summed E-state index contributed by atoms with van der Waals surface area (Å²) in [6.07, 6.45) is 1.83. The number of nitrogens with one attached hydrogen (secondary N) is 1. The first-order chi connectivity index (χ1) is 17.3. The predicted molar refractivity (Wildman–Crippen MR) is 140 cm³/mol. The highest BCUT2D eigenvalue weighted by Crippen LogP contribution is 2.23. The van der Waals surface area contributed by atoms with Gasteiger partial charge in [0.05, 0.1) is 4.90 Å². The van der Waals surface area contributed by atoms with Crippen molar-refractivity contribution >= 4 is 27.5 Å². The smallest absolute Gasteiger partial charge is 0.243 e. The van der Waals surface area contributed by atoms with Gasteiger partial charge in [0.25, 0.3) is 0 Å². The van der Waals surface area contributed by atoms with Gasteiger partial charge in [-0.3, -0.25) is 9.59 Å². The molecular formula is C27H36N4O4S. The van der Waals surface area contributed by atoms with Gasteiger partial charge in [-0.1, -0.05) is 30.3 Å². The van der Waals surface area contributed by atoms with E-state index >= 15 is 0 Å². The molecule has 2 heterocycles. The number of hydrogen-bond acceptors (Lipinski definition) is 5. The second-order valence-electron chi connectivity index (χ2n) is 9.60. The summed E-state index contributed by atoms with van der Waals surface area (Å²) in [6, 6.07) is 16.7. The van der Waals surface area contributed by atoms with E-state index in [4.69, 9.17) is 0 Å². The molecule has 2 amide bonds. The van der Waals surface area contributed by atoms with E-state index in [1.54, 1.807) is 30.3 Å². The molecule has 2 saturated heterocycles. The Morgan fingerprint density at radius 3 is 2.39 bits per heavy atom. The van der Waals surface area contributed by atoms with Crippen LogP contribution >= 0.6 is 0 Å². The molecule has 36 heavy (non-hydrogen) atoms. The lowest BCUT2D eigenvalue weighted by molar-refractivity contribution is -0.136. The number of amides is 2. The van der Waals surface area contributed by atoms with Crippen LogP contribution in [0.2, 0.25) is 0 Å². The van der Waals surface area contributed by atoms with Gasteiger partial charge in [-0.05, 0) is 56.0 Å². The summed E-state index contributed by atoms with van der Waals surface area (Å²) in [4.78, 5) is 30.3. The van der Waals surface area contributed by atoms with Gasteiger partial charge in [-0.25, -0.2) is 8.42 Å². The molecule has 4 rings (SSSR count). The standard InChI is InChI=1S/C27H36N4O4S/c1-22-7-5-9-24(21-22)29-17-19-30(20-18-29)27(33)23-8-6-15-31(16-13-26(32)28-14-12-23)36(34,35)25-10-3-2-4-11-25/h2-5,7,9-11,21,23H,6,8,12-20H2,1H3,(H,28,32). The fourth-order valence-corrected chi connectivity index (χ4v) is 6.47. The Labute approximate surface area is 214 Å². The number of carbonyl (C=O) groups excluding carboxylic acids is 2. The number of sulfonamides is 1. The quantitative estimate of drug-likeness (QED) is 0.680. The molecule has 0 bridgehead atoms. The van der Waals surface area contributed by atoms with Crippen LogP contribution in [0.1, 0.15) is 31.2 Å². The van der Waals surface area contributed by atoms with Crippen LogP contribution < -0.4 is 10.2 Å². The maximum atomic E-state index is 13.4. The summed E-state index contributed by atoms with van der Waals surface area (Å²) in [5, 5.41) is 2.87. The molecule has 0 radical (unpaired) electrons. The van der Waals surface area contributed by atoms with Crippen molar-refractivity contribution in [3.8, 4) is 0 Å². The van der Waals surface area contributed by atoms with E-state index in [0.717, 1.165) is 13.1 Å². The van der Waals surface area contributed by atoms with Gasteiger partial charge in [0.15, 0.2) is 0 Å². The zero-order chi connectivity index (χ0) is 25.5. The van der Waals surface area contributed by atoms with Crippen LogP contribution in [-0.2, 0) is 19.6 Å². The number of nitrogens with zero attached hydrogens (tertiary/aromatic N) is 3. The fraction of sp³-hybridized carbons (Fsp3) is 0.481. The maximum Gasteiger partial charge on any atom is 0.243 e. The molecule has 8 nitrogen and oxygen atoms in total. The highest BCUT2D eigenvalue weighted by molar-refractivity contribution is 7.89. The molecule has 1 N–H and O–H groups in total. The van der Waals surface area contributed by atoms with Crippen molar-refractivity contribution < 1.29 is 18.0 Å². The average molecular weight is 513 g/mol. The maximum absolute atomic E-state index is 13.4. The zero-order valence-electron chi connectivity index (χ0n) is 20.9. The molecule has 2 fully saturated rings. The number of aryl methyl sites for hydroxylation is 1. The summed E-state index contributed by atoms with van der Waals surface area (Å²) < 4.78 is 27.8. The highest BCUT2D eigenvalue weighted by atomic mass is 32.2. The van der Waals surface area contributed by atoms with Gasteiger partial charge in [0.2, 0.25) is 21.8 Å². The molecule has 2 aromatic carbocycles. The van der Waals surface area contributed by atoms with E-state index in [1.165, 1.54) is 15.6 Å². The molecule has 194 valence electrons. The van der Waals surface area contributed by atoms with Crippen molar-refractivity contribution in [3.05, 3.63) is 60.2 Å². The van der Waals surface area contributed by atoms with Crippen LogP contribution in [0.15, 0.2) is 59.5 Å². The predicted octanol–water partition coefficient (Wildman–Crippen LogP) is 2.64. The number of carbonyl (C=O) groups is 2. The van der Waals surface area contributed by atoms with Gasteiger partial charge in [-0.15, -0.1) is 0 Å². The topological polar surface area (TPSA) is 90.0 Å². The molecular weight excluding hydrogens is 476 g/mol. The zero-order valence-corrected chi connectivity index (χ0v) is 21.8. The van der Waals surface area contributed by atoms with Gasteiger partial charge in [0.1, 0.15) is 0 Å². The van der Waals surface area contributed by atoms with E-state index in [1.807, 2.05) is 4.90 Å². The van der Waals surface area contributed by atoms with Crippen LogP contribution in [0, 0.1) is 12.8 Å². The molecule has 0 saturated carbocycles. The first kappa shape index (κ1) is 26.2. The minimum atomic E-state index is -3.71. The number of hydrogen-bond donors (Lipinski definition) is 1. The Morgan fingerprint density at radius 2 is 1.67 bits per heavy atom. The Hall–Kier alpha value is -2.91. The van der Waals surface area contributed by atoms with Crippen molar-refractivity contribution in [2.75, 3.05) is 50.7 Å². The van der Waals surface area contributed by atoms with Crippen LogP contribution in [0.4, 0.5) is 5.69 Å². The molecule has 0 aromatic heterocycles. The Morgan fingerprint density at radius 1 is 0.917 bits per heavy atom. The molecule has 0 spiro atoms. The minimum absolute atomic E-state index is 0.102. The van der Waals surface area contributed by atoms with E-state index < -0.39 is 10.0 Å². The highest BCUT2D eigenvalue weighted by Gasteiger charge is 2.30. The largest absolute Gasteiger partial charge is 0.368 e. The third kappa shape index (κ3) is 6.44. The number of piperazine rings is 1. The lowest BCUT2D eigenvalue weighted by Gasteiger charge is -2.38. The summed E-state index contributed by atoms with van der Waals surface area (Å²) in [5.41, 5.74) is 2.40. The second kappa shape index (κ2) is 11.9. The molecule has 2 aliphatic heterocycles. The molecule has 1 atom stereocenters. The summed E-state index contributed by atoms with van der Waals surface area (Å²) >= 11 is 0. The molecule has 1 unspecified atom stereocenters. The lowest BCUT2D eigenvalue weighted by atomic mass is 9.97. The van der Waals surface area contributed by atoms with Crippen LogP contribution in [-0.4, -0.2) is 75.3 Å². The number of rotatable bonds is 4. The van der Waals surface area contributed by atoms with Crippen molar-refractivity contribution in [2.24, 2.45) is 5.92 Å². The van der Waals surface area contributed by atoms with E-state index in [-0.39, 0.29) is 42.1 Å². The van der Waals surface area contributed by atoms with Gasteiger partial charge < -0.3 is 15.1 Å². The van der Waals surface area contributed by atoms with Crippen LogP contribution in [0.5, 0.6) is 0 Å². The summed E-state index contributed by atoms with van der Waals surface area (Å²) in [7, 11) is -3.71. The van der Waals surface area contributed by atoms with Crippen molar-refractivity contribution in [1.82, 2.24) is 14.5 Å². The van der Waals surface area contributed by atoms with E-state index in [2.05, 4.69) is 41.4 Å². The van der Waals surface area contributed by atoms with Crippen LogP contribution in [0.3, 0.4) is 0 Å². The second-order valence-corrected chi connectivity index (χ2v) is 11.5. The van der Waals surface area contributed by atoms with Crippen molar-refractivity contribution in [3.63, 3.8) is 0 Å². The lowest BCUT2D eigenvalue weighted by Crippen LogP contribution is -2.50. The van der Waals surface area contributed by atoms with Gasteiger partial charge in [-0.2, -0.15) is 4.31 Å². The normalized spacial score (nSPS) is 20.9. The Kier molecular flexibility index (Phi) is 8.64. The third-order valence-corrected chi connectivity index (χ3v) is 8.96. The monoisotopic (exact) mass is 512 g/mol. The Balaban J connectivity index is 1.39. The van der Waals surface area contributed by atoms with Gasteiger partial charge >= 0.3 is 0 Å². The fourth-order valence-electron chi connectivity index (χ4n) is 4.97. The summed E-state index contributed by atoms with van der Waals surface area (Å²) in [6.45, 7) is 5.79. The first-order valence-corrected chi connectivity index (χ1v) is 14.2. The van der Waals surface area contributed by atoms with Crippen molar-refractivity contribution in [2.45, 2.75) is 37.5 Å². The average Bonchev–Trinajstić information content (AvgIpc) is 2.93. The molecule has 0 aliphatic carbocycles. The van der Waals surface area contributed by atoms with Gasteiger partial charge in [0, 0.05) is 63.8 Å². The van der Waals surface area contributed by atoms with E-state index in [9.17, 15) is 18.0 Å². The molecule has 2 aromatic rings. The minimum Gasteiger partial charge on any atom is -0.368 e. The van der Waals surface area contributed by atoms with Crippen LogP contribution in [0.25, 0.3) is 0 Å². The SMILES string of the molecule is Cc1cccc(N2CCN(C(=O)C3CCCN(S(=O)(=O)c4ccccc4)CCC(=O)NCC3)CC2)c1. The number of anilines is 1. The Bertz CT molecular complexity index is 1150. The van der Waals surface area contributed by atoms with E-state index in [0.29, 0.717) is 38.9 Å².